The molecule has 1 aromatic heterocycles. The maximum atomic E-state index is 12.4. The van der Waals surface area contributed by atoms with Crippen molar-refractivity contribution < 1.29 is 9.32 Å². The van der Waals surface area contributed by atoms with Crippen LogP contribution in [0, 0.1) is 6.92 Å². The molecule has 2 aromatic carbocycles. The quantitative estimate of drug-likeness (QED) is 0.690. The van der Waals surface area contributed by atoms with E-state index in [-0.39, 0.29) is 5.91 Å². The number of aryl methyl sites for hydroxylation is 1. The molecule has 1 amide bonds. The fourth-order valence-electron chi connectivity index (χ4n) is 2.90. The Balaban J connectivity index is 1.97. The van der Waals surface area contributed by atoms with Gasteiger partial charge in [0, 0.05) is 32.3 Å². The zero-order valence-corrected chi connectivity index (χ0v) is 15.6. The highest BCUT2D eigenvalue weighted by atomic mass is 16.5. The molecule has 0 aliphatic rings. The smallest absolute Gasteiger partial charge is 0.224 e. The summed E-state index contributed by atoms with van der Waals surface area (Å²) in [4.78, 5) is 16.2. The minimum Gasteiger partial charge on any atom is -0.378 e. The van der Waals surface area contributed by atoms with Crippen molar-refractivity contribution in [3.05, 3.63) is 65.9 Å². The number of hydrogen-bond donors (Lipinski definition) is 0. The normalized spacial score (nSPS) is 10.6. The van der Waals surface area contributed by atoms with Crippen molar-refractivity contribution in [3.8, 4) is 11.3 Å². The molecular weight excluding hydrogens is 326 g/mol. The monoisotopic (exact) mass is 349 g/mol. The van der Waals surface area contributed by atoms with Gasteiger partial charge >= 0.3 is 0 Å². The molecule has 3 rings (SSSR count). The predicted molar refractivity (Wildman–Crippen MR) is 104 cm³/mol. The second-order valence-corrected chi connectivity index (χ2v) is 6.47. The van der Waals surface area contributed by atoms with Gasteiger partial charge in [-0.1, -0.05) is 47.6 Å². The number of hydrogen-bond acceptors (Lipinski definition) is 4. The van der Waals surface area contributed by atoms with E-state index in [0.29, 0.717) is 18.0 Å². The van der Waals surface area contributed by atoms with Crippen molar-refractivity contribution in [1.82, 2.24) is 5.16 Å². The fraction of sp³-hybridized carbons (Fsp3) is 0.238. The van der Waals surface area contributed by atoms with E-state index < -0.39 is 0 Å². The Hall–Kier alpha value is -3.08. The number of benzene rings is 2. The Labute approximate surface area is 153 Å². The lowest BCUT2D eigenvalue weighted by Crippen LogP contribution is -2.28. The van der Waals surface area contributed by atoms with E-state index in [1.807, 2.05) is 80.5 Å². The average Bonchev–Trinajstić information content (AvgIpc) is 3.02. The molecule has 0 aliphatic heterocycles. The van der Waals surface area contributed by atoms with Gasteiger partial charge in [-0.05, 0) is 24.6 Å². The molecule has 0 N–H and O–H groups in total. The Morgan fingerprint density at radius 1 is 1.04 bits per heavy atom. The zero-order chi connectivity index (χ0) is 18.7. The molecule has 5 nitrogen and oxygen atoms in total. The summed E-state index contributed by atoms with van der Waals surface area (Å²) < 4.78 is 5.42. The molecule has 0 fully saturated rings. The summed E-state index contributed by atoms with van der Waals surface area (Å²) in [5.41, 5.74) is 4.50. The molecule has 5 heteroatoms. The largest absolute Gasteiger partial charge is 0.378 e. The summed E-state index contributed by atoms with van der Waals surface area (Å²) in [6.45, 7) is 3.86. The summed E-state index contributed by atoms with van der Waals surface area (Å²) in [6, 6.07) is 17.9. The lowest BCUT2D eigenvalue weighted by Gasteiger charge is -2.22. The fourth-order valence-corrected chi connectivity index (χ4v) is 2.90. The molecule has 0 radical (unpaired) electrons. The SMILES string of the molecule is CC(=O)N(Cc1ccc(N(C)C)cc1)c1c(-c2ccccc2)noc1C. The second-order valence-electron chi connectivity index (χ2n) is 6.47. The summed E-state index contributed by atoms with van der Waals surface area (Å²) in [6.07, 6.45) is 0. The first-order valence-corrected chi connectivity index (χ1v) is 8.53. The van der Waals surface area contributed by atoms with E-state index in [9.17, 15) is 4.79 Å². The number of anilines is 2. The molecule has 0 unspecified atom stereocenters. The van der Waals surface area contributed by atoms with Crippen molar-refractivity contribution in [3.63, 3.8) is 0 Å². The molecule has 0 spiro atoms. The van der Waals surface area contributed by atoms with Crippen LogP contribution in [0.4, 0.5) is 11.4 Å². The number of amides is 1. The standard InChI is InChI=1S/C21H23N3O2/c1-15-21(20(22-26-15)18-8-6-5-7-9-18)24(16(2)25)14-17-10-12-19(13-11-17)23(3)4/h5-13H,14H2,1-4H3. The summed E-state index contributed by atoms with van der Waals surface area (Å²) in [5.74, 6) is 0.578. The van der Waals surface area contributed by atoms with Gasteiger partial charge in [-0.2, -0.15) is 0 Å². The van der Waals surface area contributed by atoms with Crippen molar-refractivity contribution in [2.75, 3.05) is 23.9 Å². The zero-order valence-electron chi connectivity index (χ0n) is 15.6. The van der Waals surface area contributed by atoms with Crippen LogP contribution in [0.25, 0.3) is 11.3 Å². The maximum absolute atomic E-state index is 12.4. The number of nitrogens with zero attached hydrogens (tertiary/aromatic N) is 3. The highest BCUT2D eigenvalue weighted by Crippen LogP contribution is 2.34. The van der Waals surface area contributed by atoms with Crippen LogP contribution in [0.1, 0.15) is 18.2 Å². The Morgan fingerprint density at radius 2 is 1.69 bits per heavy atom. The Morgan fingerprint density at radius 3 is 2.27 bits per heavy atom. The van der Waals surface area contributed by atoms with E-state index in [0.717, 1.165) is 22.5 Å². The first-order valence-electron chi connectivity index (χ1n) is 8.53. The van der Waals surface area contributed by atoms with Crippen LogP contribution in [0.3, 0.4) is 0 Å². The highest BCUT2D eigenvalue weighted by molar-refractivity contribution is 5.96. The van der Waals surface area contributed by atoms with Crippen molar-refractivity contribution >= 4 is 17.3 Å². The van der Waals surface area contributed by atoms with Gasteiger partial charge in [0.25, 0.3) is 0 Å². The summed E-state index contributed by atoms with van der Waals surface area (Å²) >= 11 is 0. The third-order valence-electron chi connectivity index (χ3n) is 4.32. The van der Waals surface area contributed by atoms with Gasteiger partial charge in [0.1, 0.15) is 11.4 Å². The van der Waals surface area contributed by atoms with Gasteiger partial charge in [0.05, 0.1) is 6.54 Å². The molecule has 0 saturated heterocycles. The van der Waals surface area contributed by atoms with Gasteiger partial charge in [-0.3, -0.25) is 4.79 Å². The summed E-state index contributed by atoms with van der Waals surface area (Å²) in [7, 11) is 4.01. The van der Waals surface area contributed by atoms with E-state index in [2.05, 4.69) is 5.16 Å². The third-order valence-corrected chi connectivity index (χ3v) is 4.32. The minimum absolute atomic E-state index is 0.0508. The van der Waals surface area contributed by atoms with Crippen LogP contribution in [0.2, 0.25) is 0 Å². The van der Waals surface area contributed by atoms with Crippen LogP contribution >= 0.6 is 0 Å². The van der Waals surface area contributed by atoms with Crippen molar-refractivity contribution in [1.29, 1.82) is 0 Å². The lowest BCUT2D eigenvalue weighted by atomic mass is 10.1. The van der Waals surface area contributed by atoms with Crippen LogP contribution in [-0.2, 0) is 11.3 Å². The predicted octanol–water partition coefficient (Wildman–Crippen LogP) is 4.27. The van der Waals surface area contributed by atoms with Gasteiger partial charge < -0.3 is 14.3 Å². The van der Waals surface area contributed by atoms with Crippen LogP contribution in [0.15, 0.2) is 59.1 Å². The topological polar surface area (TPSA) is 49.6 Å². The van der Waals surface area contributed by atoms with E-state index in [1.54, 1.807) is 11.8 Å². The van der Waals surface area contributed by atoms with Crippen LogP contribution < -0.4 is 9.80 Å². The van der Waals surface area contributed by atoms with Gasteiger partial charge in [0.15, 0.2) is 5.76 Å². The minimum atomic E-state index is -0.0508. The van der Waals surface area contributed by atoms with E-state index >= 15 is 0 Å². The molecule has 0 atom stereocenters. The van der Waals surface area contributed by atoms with Gasteiger partial charge in [-0.15, -0.1) is 0 Å². The molecule has 3 aromatic rings. The lowest BCUT2D eigenvalue weighted by molar-refractivity contribution is -0.116. The van der Waals surface area contributed by atoms with E-state index in [1.165, 1.54) is 0 Å². The molecule has 0 aliphatic carbocycles. The first-order chi connectivity index (χ1) is 12.5. The maximum Gasteiger partial charge on any atom is 0.224 e. The van der Waals surface area contributed by atoms with Crippen molar-refractivity contribution in [2.24, 2.45) is 0 Å². The number of rotatable bonds is 5. The molecule has 134 valence electrons. The highest BCUT2D eigenvalue weighted by Gasteiger charge is 2.23. The van der Waals surface area contributed by atoms with Crippen molar-refractivity contribution in [2.45, 2.75) is 20.4 Å². The molecular formula is C21H23N3O2. The van der Waals surface area contributed by atoms with Gasteiger partial charge in [-0.25, -0.2) is 0 Å². The number of aromatic nitrogens is 1. The Bertz CT molecular complexity index is 883. The number of carbonyl (C=O) groups is 1. The number of carbonyl (C=O) groups excluding carboxylic acids is 1. The first kappa shape index (κ1) is 17.7. The molecule has 1 heterocycles. The molecule has 26 heavy (non-hydrogen) atoms. The second kappa shape index (κ2) is 7.44. The van der Waals surface area contributed by atoms with Crippen LogP contribution in [-0.4, -0.2) is 25.2 Å². The third kappa shape index (κ3) is 3.61. The van der Waals surface area contributed by atoms with Gasteiger partial charge in [0.2, 0.25) is 5.91 Å². The van der Waals surface area contributed by atoms with Crippen LogP contribution in [0.5, 0.6) is 0 Å². The Kier molecular flexibility index (Phi) is 5.07. The molecule has 0 bridgehead atoms. The average molecular weight is 349 g/mol. The summed E-state index contributed by atoms with van der Waals surface area (Å²) in [5, 5.41) is 4.19. The van der Waals surface area contributed by atoms with E-state index in [4.69, 9.17) is 4.52 Å². The molecule has 0 saturated carbocycles.